The van der Waals surface area contributed by atoms with E-state index in [-0.39, 0.29) is 17.6 Å². The van der Waals surface area contributed by atoms with Gasteiger partial charge in [-0.25, -0.2) is 24.0 Å². The van der Waals surface area contributed by atoms with Gasteiger partial charge >= 0.3 is 0 Å². The molecule has 4 aromatic rings. The van der Waals surface area contributed by atoms with E-state index in [2.05, 4.69) is 35.3 Å². The monoisotopic (exact) mass is 623 g/mol. The molecule has 6 rings (SSSR count). The van der Waals surface area contributed by atoms with Crippen LogP contribution in [0.15, 0.2) is 36.8 Å². The van der Waals surface area contributed by atoms with Crippen LogP contribution in [0.2, 0.25) is 5.15 Å². The summed E-state index contributed by atoms with van der Waals surface area (Å²) in [6, 6.07) is 4.92. The van der Waals surface area contributed by atoms with Gasteiger partial charge in [0.25, 0.3) is 0 Å². The Hall–Kier alpha value is -3.48. The third-order valence-electron chi connectivity index (χ3n) is 8.00. The Labute approximate surface area is 259 Å². The zero-order chi connectivity index (χ0) is 30.1. The summed E-state index contributed by atoms with van der Waals surface area (Å²) in [6.45, 7) is 7.26. The molecular weight excluding hydrogens is 589 g/mol. The highest BCUT2D eigenvalue weighted by Gasteiger charge is 2.36. The van der Waals surface area contributed by atoms with Gasteiger partial charge in [0.1, 0.15) is 28.0 Å². The van der Waals surface area contributed by atoms with Crippen molar-refractivity contribution < 1.29 is 9.13 Å². The molecule has 0 amide bonds. The lowest BCUT2D eigenvalue weighted by Gasteiger charge is -2.18. The van der Waals surface area contributed by atoms with Gasteiger partial charge < -0.3 is 15.8 Å². The highest BCUT2D eigenvalue weighted by Crippen LogP contribution is 2.37. The Bertz CT molecular complexity index is 1610. The van der Waals surface area contributed by atoms with Gasteiger partial charge in [-0.05, 0) is 61.0 Å². The number of anilines is 2. The average Bonchev–Trinajstić information content (AvgIpc) is 3.63. The number of thioether (sulfide) groups is 1. The number of nitrogens with zero attached hydrogens (tertiary/aromatic N) is 7. The van der Waals surface area contributed by atoms with Gasteiger partial charge in [-0.3, -0.25) is 9.88 Å². The second-order valence-corrected chi connectivity index (χ2v) is 12.8. The van der Waals surface area contributed by atoms with Crippen LogP contribution in [-0.4, -0.2) is 71.9 Å². The summed E-state index contributed by atoms with van der Waals surface area (Å²) in [7, 11) is 1.82. The van der Waals surface area contributed by atoms with Crippen LogP contribution >= 0.6 is 23.4 Å². The standard InChI is InChI=1S/C30H35ClFN9OS/c1-17(42-30-27(18(2)39-40(30)3)29-35-7-5-26(33)38-29)4-6-34-24-9-25(31)36-11-22(24)28-23(32)8-19(10-37-28)12-41-13-20-15-43-16-21(20)14-41/h5,7-11,17,20-21H,4,6,12-16H2,1-3H3,(H,34,36)(H2,33,35,38)/t17-,20?,21?/m0/s1. The maximum atomic E-state index is 15.4. The number of rotatable bonds is 10. The Kier molecular flexibility index (Phi) is 8.69. The van der Waals surface area contributed by atoms with Crippen LogP contribution < -0.4 is 15.8 Å². The molecule has 10 nitrogen and oxygen atoms in total. The van der Waals surface area contributed by atoms with Gasteiger partial charge in [0, 0.05) is 69.5 Å². The molecule has 0 saturated carbocycles. The van der Waals surface area contributed by atoms with Crippen LogP contribution in [0.25, 0.3) is 22.6 Å². The molecule has 2 unspecified atom stereocenters. The predicted octanol–water partition coefficient (Wildman–Crippen LogP) is 5.08. The molecular formula is C30H35ClFN9OS. The van der Waals surface area contributed by atoms with E-state index in [0.717, 1.165) is 36.2 Å². The lowest BCUT2D eigenvalue weighted by atomic mass is 10.0. The second kappa shape index (κ2) is 12.6. The van der Waals surface area contributed by atoms with Crippen LogP contribution in [0, 0.1) is 24.6 Å². The maximum Gasteiger partial charge on any atom is 0.223 e. The van der Waals surface area contributed by atoms with Crippen molar-refractivity contribution in [1.29, 1.82) is 0 Å². The van der Waals surface area contributed by atoms with Gasteiger partial charge in [-0.2, -0.15) is 16.9 Å². The van der Waals surface area contributed by atoms with Crippen LogP contribution in [-0.2, 0) is 13.6 Å². The van der Waals surface area contributed by atoms with E-state index < -0.39 is 0 Å². The van der Waals surface area contributed by atoms with E-state index in [9.17, 15) is 0 Å². The fourth-order valence-corrected chi connectivity index (χ4v) is 7.54. The Morgan fingerprint density at radius 3 is 2.72 bits per heavy atom. The summed E-state index contributed by atoms with van der Waals surface area (Å²) >= 11 is 8.28. The highest BCUT2D eigenvalue weighted by atomic mass is 35.5. The average molecular weight is 624 g/mol. The van der Waals surface area contributed by atoms with E-state index >= 15 is 4.39 Å². The van der Waals surface area contributed by atoms with Gasteiger partial charge in [-0.15, -0.1) is 0 Å². The Balaban J connectivity index is 1.11. The van der Waals surface area contributed by atoms with Crippen molar-refractivity contribution in [3.8, 4) is 28.5 Å². The van der Waals surface area contributed by atoms with Crippen molar-refractivity contribution in [3.05, 3.63) is 59.0 Å². The van der Waals surface area contributed by atoms with E-state index in [0.29, 0.717) is 59.0 Å². The third kappa shape index (κ3) is 6.56. The van der Waals surface area contributed by atoms with Crippen molar-refractivity contribution in [2.45, 2.75) is 32.9 Å². The van der Waals surface area contributed by atoms with E-state index in [1.807, 2.05) is 32.7 Å². The Morgan fingerprint density at radius 2 is 1.98 bits per heavy atom. The number of nitrogen functional groups attached to an aromatic ring is 1. The second-order valence-electron chi connectivity index (χ2n) is 11.3. The topological polar surface area (TPSA) is 120 Å². The van der Waals surface area contributed by atoms with Crippen molar-refractivity contribution in [3.63, 3.8) is 0 Å². The number of nitrogens with two attached hydrogens (primary N) is 1. The summed E-state index contributed by atoms with van der Waals surface area (Å²) in [5, 5.41) is 8.19. The van der Waals surface area contributed by atoms with Gasteiger partial charge in [-0.1, -0.05) is 11.6 Å². The van der Waals surface area contributed by atoms with E-state index in [4.69, 9.17) is 22.1 Å². The first kappa shape index (κ1) is 29.6. The molecule has 6 heterocycles. The lowest BCUT2D eigenvalue weighted by molar-refractivity contribution is 0.198. The molecule has 0 aromatic carbocycles. The summed E-state index contributed by atoms with van der Waals surface area (Å²) in [6.07, 6.45) is 5.38. The minimum absolute atomic E-state index is 0.194. The normalized spacial score (nSPS) is 19.0. The fourth-order valence-electron chi connectivity index (χ4n) is 5.88. The van der Waals surface area contributed by atoms with Crippen LogP contribution in [0.3, 0.4) is 0 Å². The first-order valence-electron chi connectivity index (χ1n) is 14.4. The van der Waals surface area contributed by atoms with Crippen molar-refractivity contribution in [2.75, 3.05) is 42.2 Å². The van der Waals surface area contributed by atoms with Crippen molar-refractivity contribution in [2.24, 2.45) is 18.9 Å². The number of hydrogen-bond acceptors (Lipinski definition) is 10. The molecule has 0 radical (unpaired) electrons. The maximum absolute atomic E-state index is 15.4. The number of fused-ring (bicyclic) bond motifs is 1. The first-order valence-corrected chi connectivity index (χ1v) is 15.9. The van der Waals surface area contributed by atoms with Gasteiger partial charge in [0.05, 0.1) is 11.8 Å². The smallest absolute Gasteiger partial charge is 0.223 e. The molecule has 0 aliphatic carbocycles. The SMILES string of the molecule is Cc1nn(C)c(O[C@@H](C)CCNc2cc(Cl)ncc2-c2ncc(CN3CC4CSCC4C3)cc2F)c1-c1nccc(N)n1. The zero-order valence-corrected chi connectivity index (χ0v) is 26.0. The van der Waals surface area contributed by atoms with E-state index in [1.54, 1.807) is 41.5 Å². The minimum atomic E-state index is -0.376. The van der Waals surface area contributed by atoms with Crippen LogP contribution in [0.1, 0.15) is 24.6 Å². The van der Waals surface area contributed by atoms with Gasteiger partial charge in [0.15, 0.2) is 5.82 Å². The number of pyridine rings is 2. The zero-order valence-electron chi connectivity index (χ0n) is 24.4. The molecule has 2 fully saturated rings. The molecule has 2 aliphatic rings. The number of aryl methyl sites for hydroxylation is 2. The fraction of sp³-hybridized carbons (Fsp3) is 0.433. The van der Waals surface area contributed by atoms with Crippen LogP contribution in [0.4, 0.5) is 15.9 Å². The molecule has 43 heavy (non-hydrogen) atoms. The van der Waals surface area contributed by atoms with Gasteiger partial charge in [0.2, 0.25) is 5.88 Å². The predicted molar refractivity (Wildman–Crippen MR) is 169 cm³/mol. The molecule has 2 saturated heterocycles. The number of likely N-dealkylation sites (tertiary alicyclic amines) is 1. The molecule has 3 atom stereocenters. The largest absolute Gasteiger partial charge is 0.474 e. The third-order valence-corrected chi connectivity index (χ3v) is 9.53. The number of hydrogen-bond donors (Lipinski definition) is 2. The first-order chi connectivity index (χ1) is 20.7. The number of halogens is 2. The quantitative estimate of drug-likeness (QED) is 0.231. The summed E-state index contributed by atoms with van der Waals surface area (Å²) in [5.41, 5.74) is 9.66. The summed E-state index contributed by atoms with van der Waals surface area (Å²) < 4.78 is 23.4. The summed E-state index contributed by atoms with van der Waals surface area (Å²) in [4.78, 5) is 19.9. The molecule has 3 N–H and O–H groups in total. The number of ether oxygens (including phenoxy) is 1. The van der Waals surface area contributed by atoms with Crippen molar-refractivity contribution >= 4 is 34.9 Å². The molecule has 0 bridgehead atoms. The molecule has 2 aliphatic heterocycles. The molecule has 0 spiro atoms. The van der Waals surface area contributed by atoms with Crippen molar-refractivity contribution in [1.82, 2.24) is 34.6 Å². The molecule has 13 heteroatoms. The van der Waals surface area contributed by atoms with E-state index in [1.165, 1.54) is 11.5 Å². The number of nitrogens with one attached hydrogen (secondary N) is 1. The number of aromatic nitrogens is 6. The highest BCUT2D eigenvalue weighted by molar-refractivity contribution is 7.99. The molecule has 4 aromatic heterocycles. The Morgan fingerprint density at radius 1 is 1.19 bits per heavy atom. The minimum Gasteiger partial charge on any atom is -0.474 e. The van der Waals surface area contributed by atoms with Crippen LogP contribution in [0.5, 0.6) is 5.88 Å². The summed E-state index contributed by atoms with van der Waals surface area (Å²) in [5.74, 6) is 5.01. The molecule has 226 valence electrons. The lowest BCUT2D eigenvalue weighted by Crippen LogP contribution is -2.21.